The summed E-state index contributed by atoms with van der Waals surface area (Å²) in [7, 11) is 0. The largest absolute Gasteiger partial charge is 0.344 e. The van der Waals surface area contributed by atoms with Crippen molar-refractivity contribution in [3.8, 4) is 0 Å². The number of aromatic amines is 1. The monoisotopic (exact) mass is 339 g/mol. The van der Waals surface area contributed by atoms with Crippen LogP contribution in [-0.2, 0) is 0 Å². The molecule has 0 saturated carbocycles. The van der Waals surface area contributed by atoms with Crippen molar-refractivity contribution in [2.24, 2.45) is 0 Å². The molecule has 0 spiro atoms. The Hall–Kier alpha value is -1.85. The van der Waals surface area contributed by atoms with Crippen LogP contribution in [0.3, 0.4) is 0 Å². The summed E-state index contributed by atoms with van der Waals surface area (Å²) in [4.78, 5) is 23.2. The molecule has 1 amide bonds. The lowest BCUT2D eigenvalue weighted by atomic mass is 10.0. The fourth-order valence-corrected chi connectivity index (χ4v) is 2.35. The van der Waals surface area contributed by atoms with E-state index in [1.807, 2.05) is 13.0 Å². The van der Waals surface area contributed by atoms with Crippen LogP contribution in [-0.4, -0.2) is 16.1 Å². The van der Waals surface area contributed by atoms with Crippen molar-refractivity contribution >= 4 is 29.1 Å². The van der Waals surface area contributed by atoms with Crippen molar-refractivity contribution in [1.29, 1.82) is 0 Å². The zero-order valence-corrected chi connectivity index (χ0v) is 13.4. The summed E-state index contributed by atoms with van der Waals surface area (Å²) in [6, 6.07) is 7.70. The maximum Gasteiger partial charge on any atom is 0.272 e. The van der Waals surface area contributed by atoms with Crippen LogP contribution in [0.2, 0.25) is 10.0 Å². The lowest BCUT2D eigenvalue weighted by Gasteiger charge is -2.19. The standard InChI is InChI=1S/C15H15Cl2N3O2/c1-2-3-12(9-4-5-10(16)11(17)8-9)18-15(22)13-6-7-14(21)20-19-13/h4-8,12H,2-3H2,1H3,(H,18,22)(H,20,21). The van der Waals surface area contributed by atoms with E-state index in [0.29, 0.717) is 10.0 Å². The molecule has 116 valence electrons. The minimum atomic E-state index is -0.360. The molecule has 0 aliphatic heterocycles. The highest BCUT2D eigenvalue weighted by molar-refractivity contribution is 6.42. The Morgan fingerprint density at radius 1 is 1.27 bits per heavy atom. The predicted molar refractivity (Wildman–Crippen MR) is 86.4 cm³/mol. The first kappa shape index (κ1) is 16.5. The second kappa shape index (κ2) is 7.42. The van der Waals surface area contributed by atoms with Gasteiger partial charge in [0.05, 0.1) is 16.1 Å². The number of H-pyrrole nitrogens is 1. The van der Waals surface area contributed by atoms with E-state index in [-0.39, 0.29) is 23.2 Å². The van der Waals surface area contributed by atoms with Crippen molar-refractivity contribution in [2.75, 3.05) is 0 Å². The molecular formula is C15H15Cl2N3O2. The lowest BCUT2D eigenvalue weighted by Crippen LogP contribution is -2.30. The fourth-order valence-electron chi connectivity index (χ4n) is 2.04. The zero-order valence-electron chi connectivity index (χ0n) is 11.9. The van der Waals surface area contributed by atoms with Gasteiger partial charge < -0.3 is 5.32 Å². The fraction of sp³-hybridized carbons (Fsp3) is 0.267. The number of carbonyl (C=O) groups excluding carboxylic acids is 1. The molecule has 7 heteroatoms. The van der Waals surface area contributed by atoms with Gasteiger partial charge >= 0.3 is 0 Å². The Balaban J connectivity index is 2.20. The van der Waals surface area contributed by atoms with E-state index in [1.54, 1.807) is 12.1 Å². The number of amides is 1. The molecule has 0 fully saturated rings. The molecule has 0 radical (unpaired) electrons. The summed E-state index contributed by atoms with van der Waals surface area (Å²) in [5, 5.41) is 9.76. The molecule has 1 unspecified atom stereocenters. The van der Waals surface area contributed by atoms with Crippen molar-refractivity contribution in [2.45, 2.75) is 25.8 Å². The van der Waals surface area contributed by atoms with Crippen LogP contribution in [0.5, 0.6) is 0 Å². The van der Waals surface area contributed by atoms with Crippen LogP contribution in [0.15, 0.2) is 35.1 Å². The number of nitrogens with one attached hydrogen (secondary N) is 2. The summed E-state index contributed by atoms with van der Waals surface area (Å²) >= 11 is 11.9. The molecule has 1 aromatic carbocycles. The summed E-state index contributed by atoms with van der Waals surface area (Å²) in [6.07, 6.45) is 1.62. The molecule has 1 heterocycles. The molecule has 2 aromatic rings. The molecule has 0 bridgehead atoms. The van der Waals surface area contributed by atoms with Gasteiger partial charge in [-0.2, -0.15) is 5.10 Å². The number of nitrogens with zero attached hydrogens (tertiary/aromatic N) is 1. The maximum absolute atomic E-state index is 12.2. The van der Waals surface area contributed by atoms with Gasteiger partial charge in [-0.25, -0.2) is 5.10 Å². The number of hydrogen-bond donors (Lipinski definition) is 2. The summed E-state index contributed by atoms with van der Waals surface area (Å²) in [5.41, 5.74) is 0.668. The van der Waals surface area contributed by atoms with Crippen molar-refractivity contribution < 1.29 is 4.79 Å². The van der Waals surface area contributed by atoms with Crippen molar-refractivity contribution in [3.63, 3.8) is 0 Å². The Labute approximate surface area is 137 Å². The number of rotatable bonds is 5. The molecule has 0 saturated heterocycles. The van der Waals surface area contributed by atoms with E-state index < -0.39 is 0 Å². The average molecular weight is 340 g/mol. The minimum Gasteiger partial charge on any atom is -0.344 e. The third kappa shape index (κ3) is 4.08. The van der Waals surface area contributed by atoms with Crippen LogP contribution in [0, 0.1) is 0 Å². The van der Waals surface area contributed by atoms with E-state index in [0.717, 1.165) is 18.4 Å². The van der Waals surface area contributed by atoms with Gasteiger partial charge in [0.25, 0.3) is 11.5 Å². The predicted octanol–water partition coefficient (Wildman–Crippen LogP) is 3.35. The normalized spacial score (nSPS) is 12.0. The molecule has 1 atom stereocenters. The average Bonchev–Trinajstić information content (AvgIpc) is 2.50. The van der Waals surface area contributed by atoms with Crippen molar-refractivity contribution in [1.82, 2.24) is 15.5 Å². The summed E-state index contributed by atoms with van der Waals surface area (Å²) < 4.78 is 0. The van der Waals surface area contributed by atoms with Gasteiger partial charge in [0.2, 0.25) is 0 Å². The first-order chi connectivity index (χ1) is 10.5. The number of hydrogen-bond acceptors (Lipinski definition) is 3. The Morgan fingerprint density at radius 2 is 2.05 bits per heavy atom. The molecule has 1 aromatic heterocycles. The highest BCUT2D eigenvalue weighted by Crippen LogP contribution is 2.27. The maximum atomic E-state index is 12.2. The van der Waals surface area contributed by atoms with Crippen LogP contribution in [0.1, 0.15) is 41.9 Å². The second-order valence-corrected chi connectivity index (χ2v) is 5.61. The SMILES string of the molecule is CCCC(NC(=O)c1ccc(=O)[nH]n1)c1ccc(Cl)c(Cl)c1. The Bertz CT molecular complexity index is 710. The topological polar surface area (TPSA) is 74.8 Å². The van der Waals surface area contributed by atoms with Gasteiger partial charge in [-0.15, -0.1) is 0 Å². The number of carbonyl (C=O) groups is 1. The van der Waals surface area contributed by atoms with Crippen LogP contribution in [0.25, 0.3) is 0 Å². The van der Waals surface area contributed by atoms with Crippen LogP contribution in [0.4, 0.5) is 0 Å². The van der Waals surface area contributed by atoms with Gasteiger partial charge in [0.15, 0.2) is 0 Å². The van der Waals surface area contributed by atoms with Gasteiger partial charge in [0, 0.05) is 6.07 Å². The molecule has 2 N–H and O–H groups in total. The minimum absolute atomic E-state index is 0.153. The first-order valence-electron chi connectivity index (χ1n) is 6.82. The zero-order chi connectivity index (χ0) is 16.1. The lowest BCUT2D eigenvalue weighted by molar-refractivity contribution is 0.0928. The Morgan fingerprint density at radius 3 is 2.64 bits per heavy atom. The molecule has 5 nitrogen and oxygen atoms in total. The van der Waals surface area contributed by atoms with Crippen LogP contribution < -0.4 is 10.9 Å². The molecule has 0 aliphatic carbocycles. The van der Waals surface area contributed by atoms with Gasteiger partial charge in [0.1, 0.15) is 5.69 Å². The van der Waals surface area contributed by atoms with Gasteiger partial charge in [-0.3, -0.25) is 9.59 Å². The smallest absolute Gasteiger partial charge is 0.272 e. The third-order valence-electron chi connectivity index (χ3n) is 3.14. The van der Waals surface area contributed by atoms with Gasteiger partial charge in [-0.1, -0.05) is 42.6 Å². The van der Waals surface area contributed by atoms with Gasteiger partial charge in [-0.05, 0) is 30.2 Å². The molecule has 0 aliphatic rings. The first-order valence-corrected chi connectivity index (χ1v) is 7.58. The highest BCUT2D eigenvalue weighted by Gasteiger charge is 2.17. The van der Waals surface area contributed by atoms with E-state index >= 15 is 0 Å². The number of halogens is 2. The quantitative estimate of drug-likeness (QED) is 0.876. The van der Waals surface area contributed by atoms with E-state index in [2.05, 4.69) is 15.5 Å². The van der Waals surface area contributed by atoms with Crippen LogP contribution >= 0.6 is 23.2 Å². The highest BCUT2D eigenvalue weighted by atomic mass is 35.5. The summed E-state index contributed by atoms with van der Waals surface area (Å²) in [6.45, 7) is 2.02. The third-order valence-corrected chi connectivity index (χ3v) is 3.88. The number of benzene rings is 1. The van der Waals surface area contributed by atoms with E-state index in [4.69, 9.17) is 23.2 Å². The second-order valence-electron chi connectivity index (χ2n) is 4.79. The van der Waals surface area contributed by atoms with E-state index in [9.17, 15) is 9.59 Å². The molecule has 22 heavy (non-hydrogen) atoms. The molecule has 2 rings (SSSR count). The Kier molecular flexibility index (Phi) is 5.57. The van der Waals surface area contributed by atoms with Crippen molar-refractivity contribution in [3.05, 3.63) is 62.0 Å². The van der Waals surface area contributed by atoms with E-state index in [1.165, 1.54) is 12.1 Å². The molecular weight excluding hydrogens is 325 g/mol. The number of aromatic nitrogens is 2. The summed E-state index contributed by atoms with van der Waals surface area (Å²) in [5.74, 6) is -0.360.